The third-order valence-electron chi connectivity index (χ3n) is 5.99. The normalized spacial score (nSPS) is 14.9. The first-order chi connectivity index (χ1) is 18.4. The van der Waals surface area contributed by atoms with Gasteiger partial charge in [0.15, 0.2) is 0 Å². The maximum atomic E-state index is 15.1. The fourth-order valence-electron chi connectivity index (χ4n) is 4.14. The molecule has 0 aliphatic carbocycles. The van der Waals surface area contributed by atoms with Gasteiger partial charge in [0.1, 0.15) is 24.2 Å². The lowest BCUT2D eigenvalue weighted by atomic mass is 10.1. The number of halogens is 1. The van der Waals surface area contributed by atoms with E-state index in [2.05, 4.69) is 15.3 Å². The predicted molar refractivity (Wildman–Crippen MR) is 135 cm³/mol. The molecule has 0 unspecified atom stereocenters. The van der Waals surface area contributed by atoms with E-state index in [1.54, 1.807) is 59.5 Å². The molecule has 0 bridgehead atoms. The average Bonchev–Trinajstić information content (AvgIpc) is 3.48. The lowest BCUT2D eigenvalue weighted by Gasteiger charge is -2.14. The van der Waals surface area contributed by atoms with Crippen LogP contribution in [0.4, 0.5) is 14.9 Å². The Balaban J connectivity index is 1.26. The molecule has 194 valence electrons. The number of anilines is 1. The first-order valence-electron chi connectivity index (χ1n) is 11.9. The number of pyridine rings is 2. The number of ether oxygens (including phenoxy) is 2. The van der Waals surface area contributed by atoms with Gasteiger partial charge < -0.3 is 19.2 Å². The van der Waals surface area contributed by atoms with Gasteiger partial charge >= 0.3 is 12.1 Å². The van der Waals surface area contributed by atoms with Crippen molar-refractivity contribution in [2.75, 3.05) is 18.0 Å². The second-order valence-electron chi connectivity index (χ2n) is 8.83. The van der Waals surface area contributed by atoms with Crippen molar-refractivity contribution < 1.29 is 28.2 Å². The molecule has 4 aromatic rings. The van der Waals surface area contributed by atoms with Gasteiger partial charge in [-0.3, -0.25) is 19.5 Å². The van der Waals surface area contributed by atoms with Gasteiger partial charge in [-0.1, -0.05) is 6.07 Å². The Morgan fingerprint density at radius 2 is 2.11 bits per heavy atom. The van der Waals surface area contributed by atoms with Crippen molar-refractivity contribution in [2.24, 2.45) is 0 Å². The summed E-state index contributed by atoms with van der Waals surface area (Å²) in [4.78, 5) is 45.4. The predicted octanol–water partition coefficient (Wildman–Crippen LogP) is 3.28. The summed E-state index contributed by atoms with van der Waals surface area (Å²) >= 11 is 0. The average molecular weight is 518 g/mol. The van der Waals surface area contributed by atoms with Gasteiger partial charge in [0.2, 0.25) is 5.91 Å². The monoisotopic (exact) mass is 517 g/mol. The van der Waals surface area contributed by atoms with Crippen LogP contribution in [-0.4, -0.2) is 51.5 Å². The Morgan fingerprint density at radius 1 is 1.24 bits per heavy atom. The fourth-order valence-corrected chi connectivity index (χ4v) is 4.14. The van der Waals surface area contributed by atoms with Crippen molar-refractivity contribution in [3.05, 3.63) is 84.3 Å². The van der Waals surface area contributed by atoms with E-state index in [-0.39, 0.29) is 32.0 Å². The van der Waals surface area contributed by atoms with Crippen LogP contribution < -0.4 is 10.2 Å². The molecule has 1 aromatic carbocycles. The first kappa shape index (κ1) is 24.9. The van der Waals surface area contributed by atoms with Crippen LogP contribution >= 0.6 is 0 Å². The summed E-state index contributed by atoms with van der Waals surface area (Å²) in [7, 11) is 0. The van der Waals surface area contributed by atoms with Crippen molar-refractivity contribution >= 4 is 29.3 Å². The van der Waals surface area contributed by atoms with Crippen LogP contribution in [0.5, 0.6) is 0 Å². The lowest BCUT2D eigenvalue weighted by Crippen LogP contribution is -2.33. The molecule has 38 heavy (non-hydrogen) atoms. The summed E-state index contributed by atoms with van der Waals surface area (Å²) in [6, 6.07) is 11.5. The Bertz CT molecular complexity index is 1510. The summed E-state index contributed by atoms with van der Waals surface area (Å²) in [5, 5.41) is 2.61. The van der Waals surface area contributed by atoms with Crippen LogP contribution in [0.3, 0.4) is 0 Å². The molecular weight excluding hydrogens is 493 g/mol. The van der Waals surface area contributed by atoms with Gasteiger partial charge in [-0.05, 0) is 42.0 Å². The summed E-state index contributed by atoms with van der Waals surface area (Å²) in [5.41, 5.74) is 3.14. The molecule has 0 radical (unpaired) electrons. The molecule has 10 nitrogen and oxygen atoms in total. The number of fused-ring (bicyclic) bond motifs is 1. The topological polar surface area (TPSA) is 115 Å². The molecular formula is C27H24FN5O5. The second kappa shape index (κ2) is 10.7. The molecule has 2 amide bonds. The molecule has 1 saturated heterocycles. The standard InChI is InChI=1S/C27H24FN5O5/c1-17(34)30-13-22-15-33(27(36)38-22)21-4-5-23(24(28)11-21)19-6-8-32-14-20(31-25(32)9-19)10-26(35)37-16-18-3-2-7-29-12-18/h2-9,11-12,14,22H,10,13,15-16H2,1H3,(H,30,34)/t22-/m0/s1. The van der Waals surface area contributed by atoms with Crippen molar-refractivity contribution in [1.29, 1.82) is 0 Å². The maximum absolute atomic E-state index is 15.1. The zero-order chi connectivity index (χ0) is 26.6. The Kier molecular flexibility index (Phi) is 6.98. The Labute approximate surface area is 217 Å². The number of rotatable bonds is 8. The molecule has 3 aromatic heterocycles. The molecule has 1 atom stereocenters. The summed E-state index contributed by atoms with van der Waals surface area (Å²) in [6.07, 6.45) is 5.62. The summed E-state index contributed by atoms with van der Waals surface area (Å²) < 4.78 is 27.4. The van der Waals surface area contributed by atoms with E-state index in [4.69, 9.17) is 9.47 Å². The van der Waals surface area contributed by atoms with Crippen LogP contribution in [0.15, 0.2) is 67.3 Å². The smallest absolute Gasteiger partial charge is 0.414 e. The quantitative estimate of drug-likeness (QED) is 0.357. The van der Waals surface area contributed by atoms with Gasteiger partial charge in [0, 0.05) is 42.8 Å². The number of carbonyl (C=O) groups excluding carboxylic acids is 3. The van der Waals surface area contributed by atoms with E-state index in [1.165, 1.54) is 17.9 Å². The lowest BCUT2D eigenvalue weighted by molar-refractivity contribution is -0.144. The number of amides is 2. The van der Waals surface area contributed by atoms with E-state index < -0.39 is 24.0 Å². The number of hydrogen-bond donors (Lipinski definition) is 1. The summed E-state index contributed by atoms with van der Waals surface area (Å²) in [6.45, 7) is 1.90. The van der Waals surface area contributed by atoms with Crippen molar-refractivity contribution in [2.45, 2.75) is 26.1 Å². The van der Waals surface area contributed by atoms with Gasteiger partial charge in [-0.15, -0.1) is 0 Å². The minimum Gasteiger partial charge on any atom is -0.460 e. The van der Waals surface area contributed by atoms with Gasteiger partial charge in [0.05, 0.1) is 30.9 Å². The minimum absolute atomic E-state index is 0.00476. The Hall–Kier alpha value is -4.80. The number of nitrogens with zero attached hydrogens (tertiary/aromatic N) is 4. The second-order valence-corrected chi connectivity index (χ2v) is 8.83. The largest absolute Gasteiger partial charge is 0.460 e. The van der Waals surface area contributed by atoms with Gasteiger partial charge in [-0.2, -0.15) is 0 Å². The van der Waals surface area contributed by atoms with Crippen LogP contribution in [0.2, 0.25) is 0 Å². The zero-order valence-corrected chi connectivity index (χ0v) is 20.5. The third-order valence-corrected chi connectivity index (χ3v) is 5.99. The number of imidazole rings is 1. The fraction of sp³-hybridized carbons (Fsp3) is 0.222. The highest BCUT2D eigenvalue weighted by Crippen LogP contribution is 2.29. The molecule has 0 saturated carbocycles. The number of carbonyl (C=O) groups is 3. The van der Waals surface area contributed by atoms with E-state index in [1.807, 2.05) is 6.07 Å². The molecule has 1 fully saturated rings. The maximum Gasteiger partial charge on any atom is 0.414 e. The van der Waals surface area contributed by atoms with E-state index >= 15 is 4.39 Å². The van der Waals surface area contributed by atoms with Crippen molar-refractivity contribution in [3.63, 3.8) is 0 Å². The zero-order valence-electron chi connectivity index (χ0n) is 20.5. The van der Waals surface area contributed by atoms with Gasteiger partial charge in [0.25, 0.3) is 0 Å². The number of cyclic esters (lactones) is 1. The first-order valence-corrected chi connectivity index (χ1v) is 11.9. The highest BCUT2D eigenvalue weighted by Gasteiger charge is 2.32. The van der Waals surface area contributed by atoms with E-state index in [9.17, 15) is 14.4 Å². The minimum atomic E-state index is -0.599. The molecule has 11 heteroatoms. The molecule has 0 spiro atoms. The third kappa shape index (κ3) is 5.61. The van der Waals surface area contributed by atoms with Crippen LogP contribution in [0, 0.1) is 5.82 Å². The highest BCUT2D eigenvalue weighted by atomic mass is 19.1. The number of nitrogens with one attached hydrogen (secondary N) is 1. The molecule has 4 heterocycles. The molecule has 1 aliphatic heterocycles. The summed E-state index contributed by atoms with van der Waals surface area (Å²) in [5.74, 6) is -1.16. The number of esters is 1. The SMILES string of the molecule is CC(=O)NC[C@H]1CN(c2ccc(-c3ccn4cc(CC(=O)OCc5cccnc5)nc4c3)c(F)c2)C(=O)O1. The number of benzene rings is 1. The Morgan fingerprint density at radius 3 is 2.87 bits per heavy atom. The van der Waals surface area contributed by atoms with Crippen molar-refractivity contribution in [1.82, 2.24) is 19.7 Å². The van der Waals surface area contributed by atoms with Crippen molar-refractivity contribution in [3.8, 4) is 11.1 Å². The molecule has 1 aliphatic rings. The van der Waals surface area contributed by atoms with Crippen LogP contribution in [0.1, 0.15) is 18.2 Å². The molecule has 5 rings (SSSR count). The van der Waals surface area contributed by atoms with E-state index in [0.717, 1.165) is 5.56 Å². The van der Waals surface area contributed by atoms with Crippen LogP contribution in [0.25, 0.3) is 16.8 Å². The number of aromatic nitrogens is 3. The number of hydrogen-bond acceptors (Lipinski definition) is 7. The highest BCUT2D eigenvalue weighted by molar-refractivity contribution is 5.90. The van der Waals surface area contributed by atoms with Crippen LogP contribution in [-0.2, 0) is 32.1 Å². The van der Waals surface area contributed by atoms with E-state index in [0.29, 0.717) is 28.2 Å². The molecule has 1 N–H and O–H groups in total. The van der Waals surface area contributed by atoms with Gasteiger partial charge in [-0.25, -0.2) is 14.2 Å².